The number of amides is 1. The van der Waals surface area contributed by atoms with E-state index in [9.17, 15) is 9.18 Å². The Bertz CT molecular complexity index is 559. The SMILES string of the molecule is O=C(NCC1CCCCS1)c1cc(F)ccc1C#CCO. The fourth-order valence-electron chi connectivity index (χ4n) is 2.22. The standard InChI is InChI=1S/C16H18FNO2S/c17-13-7-6-12(4-3-8-19)15(10-13)16(20)18-11-14-5-1-2-9-21-14/h6-7,10,14,19H,1-2,5,8-9,11H2,(H,18,20). The number of carbonyl (C=O) groups is 1. The lowest BCUT2D eigenvalue weighted by molar-refractivity contribution is 0.0952. The number of rotatable bonds is 3. The highest BCUT2D eigenvalue weighted by atomic mass is 32.2. The lowest BCUT2D eigenvalue weighted by Crippen LogP contribution is -2.32. The first-order chi connectivity index (χ1) is 10.2. The molecule has 0 aliphatic carbocycles. The summed E-state index contributed by atoms with van der Waals surface area (Å²) in [6.07, 6.45) is 3.53. The maximum Gasteiger partial charge on any atom is 0.252 e. The van der Waals surface area contributed by atoms with Gasteiger partial charge in [-0.05, 0) is 36.8 Å². The third-order valence-electron chi connectivity index (χ3n) is 3.29. The number of nitrogens with one attached hydrogen (secondary N) is 1. The highest BCUT2D eigenvalue weighted by Gasteiger charge is 2.17. The quantitative estimate of drug-likeness (QED) is 0.842. The Balaban J connectivity index is 2.04. The van der Waals surface area contributed by atoms with Crippen molar-refractivity contribution in [2.45, 2.75) is 24.5 Å². The summed E-state index contributed by atoms with van der Waals surface area (Å²) in [6.45, 7) is 0.296. The van der Waals surface area contributed by atoms with E-state index < -0.39 is 5.82 Å². The van der Waals surface area contributed by atoms with Crippen molar-refractivity contribution in [1.29, 1.82) is 0 Å². The van der Waals surface area contributed by atoms with E-state index in [1.807, 2.05) is 11.8 Å². The van der Waals surface area contributed by atoms with Crippen molar-refractivity contribution < 1.29 is 14.3 Å². The number of carbonyl (C=O) groups excluding carboxylic acids is 1. The van der Waals surface area contributed by atoms with Gasteiger partial charge in [-0.15, -0.1) is 0 Å². The van der Waals surface area contributed by atoms with Crippen molar-refractivity contribution >= 4 is 17.7 Å². The zero-order chi connectivity index (χ0) is 15.1. The van der Waals surface area contributed by atoms with Crippen molar-refractivity contribution in [3.63, 3.8) is 0 Å². The van der Waals surface area contributed by atoms with Gasteiger partial charge in [0.25, 0.3) is 5.91 Å². The van der Waals surface area contributed by atoms with Gasteiger partial charge in [-0.3, -0.25) is 4.79 Å². The monoisotopic (exact) mass is 307 g/mol. The molecule has 1 aliphatic rings. The molecule has 112 valence electrons. The van der Waals surface area contributed by atoms with Gasteiger partial charge >= 0.3 is 0 Å². The van der Waals surface area contributed by atoms with Gasteiger partial charge in [-0.1, -0.05) is 18.3 Å². The Labute approximate surface area is 128 Å². The molecule has 2 N–H and O–H groups in total. The van der Waals surface area contributed by atoms with Crippen LogP contribution in [-0.4, -0.2) is 35.2 Å². The fraction of sp³-hybridized carbons (Fsp3) is 0.438. The zero-order valence-corrected chi connectivity index (χ0v) is 12.5. The fourth-order valence-corrected chi connectivity index (χ4v) is 3.46. The van der Waals surface area contributed by atoms with Crippen LogP contribution in [0.5, 0.6) is 0 Å². The molecule has 1 fully saturated rings. The molecule has 1 heterocycles. The minimum Gasteiger partial charge on any atom is -0.384 e. The maximum atomic E-state index is 13.3. The van der Waals surface area contributed by atoms with Crippen molar-refractivity contribution in [2.24, 2.45) is 0 Å². The summed E-state index contributed by atoms with van der Waals surface area (Å²) in [4.78, 5) is 12.2. The van der Waals surface area contributed by atoms with E-state index >= 15 is 0 Å². The van der Waals surface area contributed by atoms with Gasteiger partial charge < -0.3 is 10.4 Å². The Morgan fingerprint density at radius 3 is 3.05 bits per heavy atom. The Kier molecular flexibility index (Phi) is 6.09. The number of thioether (sulfide) groups is 1. The number of hydrogen-bond donors (Lipinski definition) is 2. The number of halogens is 1. The van der Waals surface area contributed by atoms with Gasteiger partial charge in [0.1, 0.15) is 12.4 Å². The van der Waals surface area contributed by atoms with E-state index in [0.29, 0.717) is 17.4 Å². The normalized spacial score (nSPS) is 17.7. The summed E-state index contributed by atoms with van der Waals surface area (Å²) in [5, 5.41) is 12.0. The second kappa shape index (κ2) is 8.06. The average molecular weight is 307 g/mol. The predicted molar refractivity (Wildman–Crippen MR) is 82.8 cm³/mol. The van der Waals surface area contributed by atoms with Crippen LogP contribution in [0.2, 0.25) is 0 Å². The van der Waals surface area contributed by atoms with Gasteiger partial charge in [0.05, 0.1) is 5.56 Å². The molecule has 1 saturated heterocycles. The van der Waals surface area contributed by atoms with Crippen molar-refractivity contribution in [3.8, 4) is 11.8 Å². The molecule has 0 bridgehead atoms. The van der Waals surface area contributed by atoms with E-state index in [2.05, 4.69) is 17.2 Å². The van der Waals surface area contributed by atoms with Crippen LogP contribution in [-0.2, 0) is 0 Å². The number of hydrogen-bond acceptors (Lipinski definition) is 3. The van der Waals surface area contributed by atoms with Crippen LogP contribution in [0, 0.1) is 17.7 Å². The third kappa shape index (κ3) is 4.76. The average Bonchev–Trinajstić information content (AvgIpc) is 2.52. The first kappa shape index (κ1) is 15.9. The van der Waals surface area contributed by atoms with Crippen LogP contribution in [0.1, 0.15) is 35.2 Å². The lowest BCUT2D eigenvalue weighted by atomic mass is 10.1. The molecule has 21 heavy (non-hydrogen) atoms. The minimum atomic E-state index is -0.471. The van der Waals surface area contributed by atoms with E-state index in [1.54, 1.807) is 0 Å². The van der Waals surface area contributed by atoms with E-state index in [-0.39, 0.29) is 18.1 Å². The lowest BCUT2D eigenvalue weighted by Gasteiger charge is -2.21. The molecule has 5 heteroatoms. The molecule has 0 radical (unpaired) electrons. The smallest absolute Gasteiger partial charge is 0.252 e. The first-order valence-electron chi connectivity index (χ1n) is 7.00. The second-order valence-corrected chi connectivity index (χ2v) is 6.26. The van der Waals surface area contributed by atoms with Crippen molar-refractivity contribution in [1.82, 2.24) is 5.32 Å². The number of benzene rings is 1. The molecule has 1 aromatic rings. The van der Waals surface area contributed by atoms with Gasteiger partial charge in [-0.25, -0.2) is 4.39 Å². The first-order valence-corrected chi connectivity index (χ1v) is 8.04. The zero-order valence-electron chi connectivity index (χ0n) is 11.7. The Hall–Kier alpha value is -1.51. The summed E-state index contributed by atoms with van der Waals surface area (Å²) in [6, 6.07) is 3.90. The van der Waals surface area contributed by atoms with E-state index in [0.717, 1.165) is 12.2 Å². The van der Waals surface area contributed by atoms with Crippen LogP contribution in [0.15, 0.2) is 18.2 Å². The molecule has 1 amide bonds. The van der Waals surface area contributed by atoms with E-state index in [1.165, 1.54) is 31.0 Å². The summed E-state index contributed by atoms with van der Waals surface area (Å²) < 4.78 is 13.3. The Morgan fingerprint density at radius 2 is 2.33 bits per heavy atom. The molecular weight excluding hydrogens is 289 g/mol. The minimum absolute atomic E-state index is 0.219. The number of aliphatic hydroxyl groups is 1. The summed E-state index contributed by atoms with van der Waals surface area (Å²) in [5.74, 6) is 5.51. The van der Waals surface area contributed by atoms with Gasteiger partial charge in [0.2, 0.25) is 0 Å². The topological polar surface area (TPSA) is 49.3 Å². The molecule has 0 aromatic heterocycles. The van der Waals surface area contributed by atoms with Crippen molar-refractivity contribution in [3.05, 3.63) is 35.1 Å². The second-order valence-electron chi connectivity index (χ2n) is 4.85. The maximum absolute atomic E-state index is 13.3. The molecule has 0 saturated carbocycles. The molecule has 0 spiro atoms. The van der Waals surface area contributed by atoms with Crippen LogP contribution in [0.4, 0.5) is 4.39 Å². The van der Waals surface area contributed by atoms with Crippen LogP contribution >= 0.6 is 11.8 Å². The molecule has 3 nitrogen and oxygen atoms in total. The highest BCUT2D eigenvalue weighted by molar-refractivity contribution is 7.99. The Morgan fingerprint density at radius 1 is 1.48 bits per heavy atom. The largest absolute Gasteiger partial charge is 0.384 e. The summed E-state index contributed by atoms with van der Waals surface area (Å²) >= 11 is 1.87. The van der Waals surface area contributed by atoms with Crippen LogP contribution < -0.4 is 5.32 Å². The predicted octanol–water partition coefficient (Wildman–Crippen LogP) is 2.19. The van der Waals surface area contributed by atoms with Gasteiger partial charge in [0, 0.05) is 17.4 Å². The van der Waals surface area contributed by atoms with Gasteiger partial charge in [-0.2, -0.15) is 11.8 Å². The highest BCUT2D eigenvalue weighted by Crippen LogP contribution is 2.24. The molecular formula is C16H18FNO2S. The molecule has 1 atom stereocenters. The molecule has 1 unspecified atom stereocenters. The molecule has 1 aromatic carbocycles. The van der Waals surface area contributed by atoms with Crippen LogP contribution in [0.3, 0.4) is 0 Å². The number of aliphatic hydroxyl groups excluding tert-OH is 1. The van der Waals surface area contributed by atoms with Crippen LogP contribution in [0.25, 0.3) is 0 Å². The summed E-state index contributed by atoms with van der Waals surface area (Å²) in [5.41, 5.74) is 0.649. The molecule has 1 aliphatic heterocycles. The van der Waals surface area contributed by atoms with E-state index in [4.69, 9.17) is 5.11 Å². The van der Waals surface area contributed by atoms with Crippen molar-refractivity contribution in [2.75, 3.05) is 18.9 Å². The van der Waals surface area contributed by atoms with Gasteiger partial charge in [0.15, 0.2) is 0 Å². The molecule has 2 rings (SSSR count). The summed E-state index contributed by atoms with van der Waals surface area (Å²) in [7, 11) is 0. The third-order valence-corrected chi connectivity index (χ3v) is 4.69.